The summed E-state index contributed by atoms with van der Waals surface area (Å²) < 4.78 is 46.2. The van der Waals surface area contributed by atoms with Gasteiger partial charge in [0.1, 0.15) is 13.2 Å². The second kappa shape index (κ2) is 10.9. The maximum Gasteiger partial charge on any atom is 0.324 e. The molecule has 4 N–H and O–H groups in total. The maximum atomic E-state index is 13.9. The molecule has 1 aromatic carbocycles. The van der Waals surface area contributed by atoms with Gasteiger partial charge in [0.2, 0.25) is 15.9 Å². The Hall–Kier alpha value is -2.93. The fourth-order valence-electron chi connectivity index (χ4n) is 2.91. The highest BCUT2D eigenvalue weighted by Gasteiger charge is 2.25. The van der Waals surface area contributed by atoms with Gasteiger partial charge in [0.05, 0.1) is 5.75 Å². The number of rotatable bonds is 12. The molecule has 0 unspecified atom stereocenters. The number of amidine groups is 1. The van der Waals surface area contributed by atoms with Gasteiger partial charge in [0, 0.05) is 12.6 Å². The summed E-state index contributed by atoms with van der Waals surface area (Å²) in [6, 6.07) is 2.82. The van der Waals surface area contributed by atoms with E-state index in [0.29, 0.717) is 31.4 Å². The third-order valence-electron chi connectivity index (χ3n) is 4.52. The van der Waals surface area contributed by atoms with Gasteiger partial charge >= 0.3 is 6.03 Å². The van der Waals surface area contributed by atoms with Crippen LogP contribution >= 0.6 is 0 Å². The Morgan fingerprint density at radius 1 is 1.35 bits per heavy atom. The first kappa shape index (κ1) is 24.3. The number of carbonyl (C=O) groups is 2. The number of sulfonamides is 1. The Morgan fingerprint density at radius 3 is 2.74 bits per heavy atom. The average Bonchev–Trinajstić information content (AvgIpc) is 3.03. The number of amides is 3. The first-order valence-electron chi connectivity index (χ1n) is 9.57. The molecule has 0 spiro atoms. The van der Waals surface area contributed by atoms with Crippen molar-refractivity contribution in [3.8, 4) is 5.75 Å². The normalized spacial score (nSPS) is 15.0. The van der Waals surface area contributed by atoms with Crippen molar-refractivity contribution in [3.63, 3.8) is 0 Å². The Labute approximate surface area is 179 Å². The van der Waals surface area contributed by atoms with Gasteiger partial charge in [-0.2, -0.15) is 0 Å². The predicted octanol–water partition coefficient (Wildman–Crippen LogP) is 1.92. The molecule has 1 aliphatic rings. The molecule has 1 aliphatic heterocycles. The SMILES string of the molecule is C[C@@H](NS(=O)(=O)CCCCCN1CC(=O)NC1=O)c1ccc(F)c(OCC(=N)N=N)c1. The Kier molecular flexibility index (Phi) is 8.56. The molecule has 3 amide bonds. The average molecular weight is 457 g/mol. The van der Waals surface area contributed by atoms with Gasteiger partial charge in [-0.3, -0.25) is 15.5 Å². The van der Waals surface area contributed by atoms with Crippen LogP contribution in [-0.4, -0.2) is 56.5 Å². The van der Waals surface area contributed by atoms with Crippen LogP contribution in [0.4, 0.5) is 9.18 Å². The van der Waals surface area contributed by atoms with E-state index < -0.39 is 27.9 Å². The molecule has 1 atom stereocenters. The van der Waals surface area contributed by atoms with E-state index in [2.05, 4.69) is 15.2 Å². The molecule has 11 nitrogen and oxygen atoms in total. The second-order valence-corrected chi connectivity index (χ2v) is 8.90. The van der Waals surface area contributed by atoms with Crippen molar-refractivity contribution < 1.29 is 27.1 Å². The minimum atomic E-state index is -3.61. The molecule has 31 heavy (non-hydrogen) atoms. The summed E-state index contributed by atoms with van der Waals surface area (Å²) in [7, 11) is -3.61. The van der Waals surface area contributed by atoms with Gasteiger partial charge in [-0.05, 0) is 37.5 Å². The molecule has 1 fully saturated rings. The number of hydrogen-bond donors (Lipinski definition) is 4. The molecule has 0 bridgehead atoms. The minimum absolute atomic E-state index is 0.0264. The number of ether oxygens (including phenoxy) is 1. The Bertz CT molecular complexity index is 955. The van der Waals surface area contributed by atoms with Crippen LogP contribution in [0, 0.1) is 16.8 Å². The van der Waals surface area contributed by atoms with Crippen LogP contribution in [0.2, 0.25) is 0 Å². The maximum absolute atomic E-state index is 13.9. The van der Waals surface area contributed by atoms with Crippen molar-refractivity contribution in [3.05, 3.63) is 29.6 Å². The van der Waals surface area contributed by atoms with E-state index in [1.807, 2.05) is 0 Å². The first-order chi connectivity index (χ1) is 14.6. The highest BCUT2D eigenvalue weighted by molar-refractivity contribution is 7.89. The van der Waals surface area contributed by atoms with E-state index in [0.717, 1.165) is 6.07 Å². The number of nitrogens with zero attached hydrogens (tertiary/aromatic N) is 2. The van der Waals surface area contributed by atoms with Crippen molar-refractivity contribution in [1.29, 1.82) is 10.9 Å². The summed E-state index contributed by atoms with van der Waals surface area (Å²) in [4.78, 5) is 23.9. The fourth-order valence-corrected chi connectivity index (χ4v) is 4.29. The lowest BCUT2D eigenvalue weighted by Gasteiger charge is -2.16. The lowest BCUT2D eigenvalue weighted by atomic mass is 10.1. The number of nitrogens with one attached hydrogen (secondary N) is 4. The van der Waals surface area contributed by atoms with Crippen molar-refractivity contribution >= 4 is 27.8 Å². The highest BCUT2D eigenvalue weighted by Crippen LogP contribution is 2.23. The van der Waals surface area contributed by atoms with Gasteiger partial charge in [0.25, 0.3) is 0 Å². The topological polar surface area (TPSA) is 165 Å². The van der Waals surface area contributed by atoms with E-state index in [1.54, 1.807) is 6.92 Å². The smallest absolute Gasteiger partial charge is 0.324 e. The number of urea groups is 1. The second-order valence-electron chi connectivity index (χ2n) is 7.03. The molecule has 0 aromatic heterocycles. The molecule has 2 rings (SSSR count). The summed E-state index contributed by atoms with van der Waals surface area (Å²) >= 11 is 0. The third kappa shape index (κ3) is 7.68. The van der Waals surface area contributed by atoms with E-state index in [4.69, 9.17) is 15.7 Å². The molecular formula is C18H25FN6O5S. The number of imide groups is 1. The summed E-state index contributed by atoms with van der Waals surface area (Å²) in [5, 5.41) is 12.3. The first-order valence-corrected chi connectivity index (χ1v) is 11.2. The molecule has 1 aromatic rings. The summed E-state index contributed by atoms with van der Waals surface area (Å²) in [6.45, 7) is 1.64. The minimum Gasteiger partial charge on any atom is -0.482 e. The van der Waals surface area contributed by atoms with E-state index >= 15 is 0 Å². The standard InChI is InChI=1S/C18H25FN6O5S/c1-12(13-5-6-14(19)15(9-13)30-11-16(20)23-21)24-31(28,29)8-4-2-3-7-25-10-17(26)22-18(25)27/h5-6,9,12,20-21,24H,2-4,7-8,10-11H2,1H3,(H,22,26,27)/t12-/m1/s1. The van der Waals surface area contributed by atoms with Gasteiger partial charge in [-0.1, -0.05) is 12.5 Å². The molecule has 0 aliphatic carbocycles. The van der Waals surface area contributed by atoms with Crippen LogP contribution in [0.1, 0.15) is 37.8 Å². The molecule has 1 heterocycles. The molecule has 1 saturated heterocycles. The number of hydrogen-bond acceptors (Lipinski definition) is 7. The van der Waals surface area contributed by atoms with Crippen molar-refractivity contribution in [2.24, 2.45) is 5.11 Å². The van der Waals surface area contributed by atoms with Crippen LogP contribution in [0.25, 0.3) is 0 Å². The van der Waals surface area contributed by atoms with Gasteiger partial charge in [-0.15, -0.1) is 5.11 Å². The quantitative estimate of drug-likeness (QED) is 0.124. The van der Waals surface area contributed by atoms with Crippen molar-refractivity contribution in [2.75, 3.05) is 25.4 Å². The molecule has 170 valence electrons. The van der Waals surface area contributed by atoms with Crippen molar-refractivity contribution in [1.82, 2.24) is 14.9 Å². The number of benzene rings is 1. The lowest BCUT2D eigenvalue weighted by Crippen LogP contribution is -2.30. The molecule has 0 radical (unpaired) electrons. The van der Waals surface area contributed by atoms with E-state index in [9.17, 15) is 22.4 Å². The zero-order valence-corrected chi connectivity index (χ0v) is 17.8. The van der Waals surface area contributed by atoms with Crippen LogP contribution in [-0.2, 0) is 14.8 Å². The van der Waals surface area contributed by atoms with Gasteiger partial charge in [0.15, 0.2) is 17.4 Å². The number of carbonyl (C=O) groups excluding carboxylic acids is 2. The van der Waals surface area contributed by atoms with Crippen molar-refractivity contribution in [2.45, 2.75) is 32.2 Å². The van der Waals surface area contributed by atoms with Crippen LogP contribution in [0.5, 0.6) is 5.75 Å². The zero-order chi connectivity index (χ0) is 23.0. The van der Waals surface area contributed by atoms with Crippen LogP contribution in [0.3, 0.4) is 0 Å². The number of halogens is 1. The third-order valence-corrected chi connectivity index (χ3v) is 6.06. The molecule has 0 saturated carbocycles. The summed E-state index contributed by atoms with van der Waals surface area (Å²) in [5.41, 5.74) is 7.17. The Morgan fingerprint density at radius 2 is 2.10 bits per heavy atom. The zero-order valence-electron chi connectivity index (χ0n) is 17.0. The molecule has 13 heteroatoms. The monoisotopic (exact) mass is 456 g/mol. The highest BCUT2D eigenvalue weighted by atomic mass is 32.2. The van der Waals surface area contributed by atoms with E-state index in [-0.39, 0.29) is 36.4 Å². The summed E-state index contributed by atoms with van der Waals surface area (Å²) in [5.74, 6) is -1.68. The Balaban J connectivity index is 1.81. The summed E-state index contributed by atoms with van der Waals surface area (Å²) in [6.07, 6.45) is 1.51. The van der Waals surface area contributed by atoms with Crippen LogP contribution < -0.4 is 14.8 Å². The van der Waals surface area contributed by atoms with E-state index in [1.165, 1.54) is 17.0 Å². The van der Waals surface area contributed by atoms with Crippen LogP contribution in [0.15, 0.2) is 23.3 Å². The largest absolute Gasteiger partial charge is 0.482 e. The fraction of sp³-hybridized carbons (Fsp3) is 0.500. The molecular weight excluding hydrogens is 431 g/mol. The predicted molar refractivity (Wildman–Crippen MR) is 109 cm³/mol. The van der Waals surface area contributed by atoms with Gasteiger partial charge in [-0.25, -0.2) is 27.9 Å². The van der Waals surface area contributed by atoms with Gasteiger partial charge < -0.3 is 9.64 Å². The lowest BCUT2D eigenvalue weighted by molar-refractivity contribution is -0.118. The number of unbranched alkanes of at least 4 members (excludes halogenated alkanes) is 2.